The molecule has 2 heterocycles. The van der Waals surface area contributed by atoms with E-state index in [-0.39, 0.29) is 24.1 Å². The molecule has 2 bridgehead atoms. The standard InChI is InChI=1S/C29H42N2O4S/c1-22(17-18-31(4)5)11-6-8-14-26-20-27-30-25(21-36-27)13-7-9-15-28(32)34-24(3)19-23(2)12-10-16-29(33)35-26/h6,10-12,16-17,21,24,26H,7-9,13-15,18-20H2,1-5H3/t24-,26+/m0/s1. The third-order valence-corrected chi connectivity index (χ3v) is 6.64. The van der Waals surface area contributed by atoms with Gasteiger partial charge in [-0.25, -0.2) is 9.78 Å². The summed E-state index contributed by atoms with van der Waals surface area (Å²) in [4.78, 5) is 31.5. The first-order valence-corrected chi connectivity index (χ1v) is 13.7. The van der Waals surface area contributed by atoms with E-state index in [0.29, 0.717) is 19.3 Å². The fourth-order valence-electron chi connectivity index (χ4n) is 3.82. The Labute approximate surface area is 220 Å². The molecule has 0 N–H and O–H groups in total. The van der Waals surface area contributed by atoms with Crippen LogP contribution in [-0.2, 0) is 31.9 Å². The highest BCUT2D eigenvalue weighted by Gasteiger charge is 2.16. The van der Waals surface area contributed by atoms with Crippen LogP contribution in [0.4, 0.5) is 0 Å². The number of carbonyl (C=O) groups is 2. The molecule has 2 rings (SSSR count). The topological polar surface area (TPSA) is 68.7 Å². The van der Waals surface area contributed by atoms with E-state index in [2.05, 4.69) is 35.4 Å². The van der Waals surface area contributed by atoms with Crippen LogP contribution >= 0.6 is 11.3 Å². The molecule has 2 atom stereocenters. The zero-order chi connectivity index (χ0) is 26.3. The number of hydrogen-bond donors (Lipinski definition) is 0. The number of fused-ring (bicyclic) bond motifs is 2. The molecule has 1 aromatic heterocycles. The van der Waals surface area contributed by atoms with Gasteiger partial charge in [0.2, 0.25) is 0 Å². The Bertz CT molecular complexity index is 958. The molecule has 0 radical (unpaired) electrons. The predicted octanol–water partition coefficient (Wildman–Crippen LogP) is 5.99. The van der Waals surface area contributed by atoms with Crippen molar-refractivity contribution in [1.29, 1.82) is 0 Å². The summed E-state index contributed by atoms with van der Waals surface area (Å²) in [7, 11) is 4.10. The summed E-state index contributed by atoms with van der Waals surface area (Å²) in [5.74, 6) is -0.518. The maximum absolute atomic E-state index is 12.5. The lowest BCUT2D eigenvalue weighted by Crippen LogP contribution is -2.19. The quantitative estimate of drug-likeness (QED) is 0.343. The van der Waals surface area contributed by atoms with Crippen LogP contribution in [0, 0.1) is 0 Å². The molecule has 0 unspecified atom stereocenters. The van der Waals surface area contributed by atoms with Crippen LogP contribution in [0.5, 0.6) is 0 Å². The summed E-state index contributed by atoms with van der Waals surface area (Å²) >= 11 is 1.61. The maximum Gasteiger partial charge on any atom is 0.331 e. The molecule has 0 saturated heterocycles. The smallest absolute Gasteiger partial charge is 0.331 e. The number of cyclic esters (lactones) is 2. The number of nitrogens with zero attached hydrogens (tertiary/aromatic N) is 2. The average molecular weight is 515 g/mol. The summed E-state index contributed by atoms with van der Waals surface area (Å²) < 4.78 is 11.3. The first-order valence-electron chi connectivity index (χ1n) is 12.9. The zero-order valence-corrected chi connectivity index (χ0v) is 23.3. The van der Waals surface area contributed by atoms with E-state index in [1.807, 2.05) is 34.0 Å². The number of allylic oxidation sites excluding steroid dienone is 5. The van der Waals surface area contributed by atoms with Gasteiger partial charge in [0.05, 0.1) is 10.7 Å². The Morgan fingerprint density at radius 3 is 2.75 bits per heavy atom. The Hall–Kier alpha value is -2.51. The summed E-state index contributed by atoms with van der Waals surface area (Å²) in [6.45, 7) is 6.86. The molecule has 0 aliphatic carbocycles. The second-order valence-corrected chi connectivity index (χ2v) is 10.7. The first kappa shape index (κ1) is 29.7. The molecule has 6 nitrogen and oxygen atoms in total. The summed E-state index contributed by atoms with van der Waals surface area (Å²) in [5, 5.41) is 3.04. The number of ether oxygens (including phenoxy) is 2. The van der Waals surface area contributed by atoms with Gasteiger partial charge in [0.15, 0.2) is 0 Å². The van der Waals surface area contributed by atoms with Gasteiger partial charge in [-0.05, 0) is 67.0 Å². The Balaban J connectivity index is 2.08. The van der Waals surface area contributed by atoms with Crippen LogP contribution in [-0.4, -0.2) is 54.7 Å². The Morgan fingerprint density at radius 2 is 1.97 bits per heavy atom. The third kappa shape index (κ3) is 13.0. The second kappa shape index (κ2) is 16.3. The van der Waals surface area contributed by atoms with Crippen molar-refractivity contribution in [2.45, 2.75) is 84.3 Å². The molecule has 1 aliphatic rings. The maximum atomic E-state index is 12.5. The van der Waals surface area contributed by atoms with Gasteiger partial charge in [-0.3, -0.25) is 4.79 Å². The SMILES string of the molecule is CC(C=CCC[C@@H]1Cc2nc(cs2)CCCCC(=O)O[C@@H](C)CC(C)=CC=CC(=O)O1)=CCN(C)C. The number of hydrogen-bond acceptors (Lipinski definition) is 7. The molecular formula is C29H42N2O4S. The average Bonchev–Trinajstić information content (AvgIpc) is 3.24. The van der Waals surface area contributed by atoms with E-state index in [1.165, 1.54) is 11.6 Å². The Morgan fingerprint density at radius 1 is 1.19 bits per heavy atom. The molecule has 0 spiro atoms. The molecule has 1 aromatic rings. The number of aryl methyl sites for hydroxylation is 1. The number of carbonyl (C=O) groups excluding carboxylic acids is 2. The monoisotopic (exact) mass is 514 g/mol. The zero-order valence-electron chi connectivity index (χ0n) is 22.5. The van der Waals surface area contributed by atoms with Gasteiger partial charge in [0.1, 0.15) is 12.2 Å². The molecule has 198 valence electrons. The van der Waals surface area contributed by atoms with Crippen molar-refractivity contribution in [1.82, 2.24) is 9.88 Å². The van der Waals surface area contributed by atoms with Crippen LogP contribution in [0.1, 0.15) is 70.0 Å². The van der Waals surface area contributed by atoms with Gasteiger partial charge in [0, 0.05) is 37.3 Å². The third-order valence-electron chi connectivity index (χ3n) is 5.72. The van der Waals surface area contributed by atoms with Crippen molar-refractivity contribution in [2.75, 3.05) is 20.6 Å². The summed E-state index contributed by atoms with van der Waals surface area (Å²) in [5.41, 5.74) is 3.28. The van der Waals surface area contributed by atoms with Crippen molar-refractivity contribution >= 4 is 23.3 Å². The molecule has 0 amide bonds. The van der Waals surface area contributed by atoms with E-state index >= 15 is 0 Å². The highest BCUT2D eigenvalue weighted by molar-refractivity contribution is 7.09. The minimum atomic E-state index is -0.357. The number of likely N-dealkylation sites (N-methyl/N-ethyl adjacent to an activating group) is 1. The highest BCUT2D eigenvalue weighted by Crippen LogP contribution is 2.19. The summed E-state index contributed by atoms with van der Waals surface area (Å²) in [6, 6.07) is 0. The molecule has 1 aliphatic heterocycles. The lowest BCUT2D eigenvalue weighted by atomic mass is 10.1. The van der Waals surface area contributed by atoms with Crippen LogP contribution < -0.4 is 0 Å². The lowest BCUT2D eigenvalue weighted by Gasteiger charge is -2.15. The van der Waals surface area contributed by atoms with Crippen molar-refractivity contribution < 1.29 is 19.1 Å². The molecular weight excluding hydrogens is 472 g/mol. The van der Waals surface area contributed by atoms with E-state index in [1.54, 1.807) is 17.4 Å². The van der Waals surface area contributed by atoms with Gasteiger partial charge in [0.25, 0.3) is 0 Å². The minimum Gasteiger partial charge on any atom is -0.462 e. The van der Waals surface area contributed by atoms with E-state index in [0.717, 1.165) is 54.9 Å². The number of thiazole rings is 1. The molecule has 0 aromatic carbocycles. The lowest BCUT2D eigenvalue weighted by molar-refractivity contribution is -0.148. The summed E-state index contributed by atoms with van der Waals surface area (Å²) in [6.07, 6.45) is 16.8. The predicted molar refractivity (Wildman–Crippen MR) is 147 cm³/mol. The fraction of sp³-hybridized carbons (Fsp3) is 0.552. The molecule has 0 fully saturated rings. The van der Waals surface area contributed by atoms with Gasteiger partial charge >= 0.3 is 11.9 Å². The molecule has 7 heteroatoms. The largest absolute Gasteiger partial charge is 0.462 e. The second-order valence-electron chi connectivity index (χ2n) is 9.77. The van der Waals surface area contributed by atoms with E-state index in [9.17, 15) is 9.59 Å². The van der Waals surface area contributed by atoms with Gasteiger partial charge in [-0.1, -0.05) is 41.5 Å². The van der Waals surface area contributed by atoms with Crippen molar-refractivity contribution in [2.24, 2.45) is 0 Å². The van der Waals surface area contributed by atoms with Crippen molar-refractivity contribution in [3.8, 4) is 0 Å². The van der Waals surface area contributed by atoms with Crippen LogP contribution in [0.15, 0.2) is 53.0 Å². The van der Waals surface area contributed by atoms with Gasteiger partial charge < -0.3 is 14.4 Å². The van der Waals surface area contributed by atoms with E-state index in [4.69, 9.17) is 14.5 Å². The van der Waals surface area contributed by atoms with Gasteiger partial charge in [-0.15, -0.1) is 11.3 Å². The highest BCUT2D eigenvalue weighted by atomic mass is 32.1. The number of aromatic nitrogens is 1. The molecule has 36 heavy (non-hydrogen) atoms. The first-order chi connectivity index (χ1) is 17.2. The van der Waals surface area contributed by atoms with Crippen molar-refractivity contribution in [3.05, 3.63) is 63.7 Å². The van der Waals surface area contributed by atoms with Gasteiger partial charge in [-0.2, -0.15) is 0 Å². The molecule has 0 saturated carbocycles. The van der Waals surface area contributed by atoms with Crippen LogP contribution in [0.2, 0.25) is 0 Å². The Kier molecular flexibility index (Phi) is 13.4. The normalized spacial score (nSPS) is 21.5. The van der Waals surface area contributed by atoms with Crippen molar-refractivity contribution in [3.63, 3.8) is 0 Å². The minimum absolute atomic E-state index is 0.161. The van der Waals surface area contributed by atoms with E-state index < -0.39 is 0 Å². The number of rotatable bonds is 6. The number of esters is 2. The fourth-order valence-corrected chi connectivity index (χ4v) is 4.71. The van der Waals surface area contributed by atoms with Crippen LogP contribution in [0.25, 0.3) is 0 Å². The van der Waals surface area contributed by atoms with Crippen LogP contribution in [0.3, 0.4) is 0 Å².